The van der Waals surface area contributed by atoms with E-state index in [1.807, 2.05) is 31.2 Å². The van der Waals surface area contributed by atoms with E-state index in [1.54, 1.807) is 56.9 Å². The lowest BCUT2D eigenvalue weighted by Crippen LogP contribution is -2.40. The van der Waals surface area contributed by atoms with Crippen LogP contribution in [-0.2, 0) is 9.53 Å². The molecule has 36 heavy (non-hydrogen) atoms. The predicted molar refractivity (Wildman–Crippen MR) is 138 cm³/mol. The predicted octanol–water partition coefficient (Wildman–Crippen LogP) is 3.21. The summed E-state index contributed by atoms with van der Waals surface area (Å²) in [6.07, 6.45) is 1.75. The number of rotatable bonds is 8. The second-order valence-corrected chi connectivity index (χ2v) is 8.89. The van der Waals surface area contributed by atoms with Crippen LogP contribution in [0.1, 0.15) is 37.9 Å². The molecule has 0 radical (unpaired) electrons. The Balaban J connectivity index is 2.00. The van der Waals surface area contributed by atoms with Gasteiger partial charge in [-0.2, -0.15) is 0 Å². The number of hydrogen-bond donors (Lipinski definition) is 0. The lowest BCUT2D eigenvalue weighted by atomic mass is 9.95. The van der Waals surface area contributed by atoms with E-state index < -0.39 is 12.0 Å². The number of methoxy groups -OCH3 is 2. The Morgan fingerprint density at radius 2 is 1.86 bits per heavy atom. The van der Waals surface area contributed by atoms with Crippen molar-refractivity contribution in [2.24, 2.45) is 4.99 Å². The van der Waals surface area contributed by atoms with Crippen LogP contribution < -0.4 is 29.1 Å². The second-order valence-electron chi connectivity index (χ2n) is 7.88. The van der Waals surface area contributed by atoms with Crippen molar-refractivity contribution < 1.29 is 23.7 Å². The Bertz CT molecular complexity index is 1500. The van der Waals surface area contributed by atoms with E-state index in [-0.39, 0.29) is 12.2 Å². The van der Waals surface area contributed by atoms with Gasteiger partial charge in [-0.25, -0.2) is 9.79 Å². The smallest absolute Gasteiger partial charge is 0.338 e. The topological polar surface area (TPSA) is 88.4 Å². The molecule has 0 saturated heterocycles. The van der Waals surface area contributed by atoms with Crippen LogP contribution in [0.2, 0.25) is 0 Å². The Kier molecular flexibility index (Phi) is 7.59. The van der Waals surface area contributed by atoms with Gasteiger partial charge in [0.05, 0.1) is 43.2 Å². The zero-order chi connectivity index (χ0) is 25.8. The van der Waals surface area contributed by atoms with Crippen LogP contribution in [0.3, 0.4) is 0 Å². The molecule has 0 bridgehead atoms. The normalized spacial score (nSPS) is 15.2. The quantitative estimate of drug-likeness (QED) is 0.434. The average Bonchev–Trinajstić information content (AvgIpc) is 3.18. The number of thiazole rings is 1. The van der Waals surface area contributed by atoms with E-state index >= 15 is 0 Å². The van der Waals surface area contributed by atoms with Gasteiger partial charge in [0, 0.05) is 11.1 Å². The molecule has 4 rings (SSSR count). The number of benzene rings is 2. The van der Waals surface area contributed by atoms with Gasteiger partial charge in [-0.3, -0.25) is 9.36 Å². The molecule has 1 aliphatic heterocycles. The summed E-state index contributed by atoms with van der Waals surface area (Å²) in [7, 11) is 3.15. The largest absolute Gasteiger partial charge is 0.497 e. The first-order valence-corrected chi connectivity index (χ1v) is 12.4. The fraction of sp³-hybridized carbons (Fsp3) is 0.296. The summed E-state index contributed by atoms with van der Waals surface area (Å²) in [5.74, 6) is 1.31. The highest BCUT2D eigenvalue weighted by atomic mass is 32.1. The molecule has 1 atom stereocenters. The lowest BCUT2D eigenvalue weighted by molar-refractivity contribution is -0.139. The monoisotopic (exact) mass is 508 g/mol. The zero-order valence-corrected chi connectivity index (χ0v) is 21.7. The van der Waals surface area contributed by atoms with Crippen LogP contribution in [0.4, 0.5) is 0 Å². The fourth-order valence-electron chi connectivity index (χ4n) is 4.17. The molecular formula is C27H28N2O6S. The standard InChI is InChI=1S/C27H28N2O6S/c1-6-34-21-11-9-8-10-19(21)24-23(26(31)35-7-2)16(3)28-27-29(24)25(30)22(36-27)15-17-14-18(32-4)12-13-20(17)33-5/h8-15,24H,6-7H2,1-5H3/b22-15+. The van der Waals surface area contributed by atoms with Crippen molar-refractivity contribution in [2.75, 3.05) is 27.4 Å². The van der Waals surface area contributed by atoms with Gasteiger partial charge < -0.3 is 18.9 Å². The maximum absolute atomic E-state index is 13.9. The summed E-state index contributed by atoms with van der Waals surface area (Å²) in [6, 6.07) is 12.0. The van der Waals surface area contributed by atoms with E-state index in [2.05, 4.69) is 4.99 Å². The van der Waals surface area contributed by atoms with Crippen molar-refractivity contribution in [3.05, 3.63) is 84.5 Å². The second kappa shape index (κ2) is 10.8. The third kappa shape index (κ3) is 4.66. The van der Waals surface area contributed by atoms with E-state index in [0.717, 1.165) is 0 Å². The molecule has 8 nitrogen and oxygen atoms in total. The van der Waals surface area contributed by atoms with Crippen molar-refractivity contribution in [1.82, 2.24) is 4.57 Å². The molecule has 0 aliphatic carbocycles. The molecule has 0 saturated carbocycles. The summed E-state index contributed by atoms with van der Waals surface area (Å²) < 4.78 is 24.1. The first-order valence-electron chi connectivity index (χ1n) is 11.6. The van der Waals surface area contributed by atoms with E-state index in [1.165, 1.54) is 11.3 Å². The van der Waals surface area contributed by atoms with Crippen molar-refractivity contribution in [3.8, 4) is 17.2 Å². The third-order valence-electron chi connectivity index (χ3n) is 5.75. The van der Waals surface area contributed by atoms with Gasteiger partial charge in [-0.1, -0.05) is 29.5 Å². The van der Waals surface area contributed by atoms with Crippen LogP contribution in [-0.4, -0.2) is 38.0 Å². The number of esters is 1. The Morgan fingerprint density at radius 1 is 1.08 bits per heavy atom. The number of carbonyl (C=O) groups is 1. The maximum Gasteiger partial charge on any atom is 0.338 e. The number of nitrogens with zero attached hydrogens (tertiary/aromatic N) is 2. The highest BCUT2D eigenvalue weighted by Gasteiger charge is 2.35. The number of carbonyl (C=O) groups excluding carboxylic acids is 1. The Morgan fingerprint density at radius 3 is 2.56 bits per heavy atom. The molecular weight excluding hydrogens is 480 g/mol. The molecule has 0 spiro atoms. The molecule has 2 heterocycles. The van der Waals surface area contributed by atoms with Crippen molar-refractivity contribution in [2.45, 2.75) is 26.8 Å². The highest BCUT2D eigenvalue weighted by Crippen LogP contribution is 2.36. The molecule has 1 aromatic heterocycles. The van der Waals surface area contributed by atoms with Crippen molar-refractivity contribution >= 4 is 23.4 Å². The number of hydrogen-bond acceptors (Lipinski definition) is 8. The first kappa shape index (κ1) is 25.2. The van der Waals surface area contributed by atoms with Gasteiger partial charge in [0.25, 0.3) is 5.56 Å². The average molecular weight is 509 g/mol. The number of para-hydroxylation sites is 1. The van der Waals surface area contributed by atoms with Gasteiger partial charge in [0.1, 0.15) is 23.3 Å². The van der Waals surface area contributed by atoms with E-state index in [4.69, 9.17) is 18.9 Å². The minimum atomic E-state index is -0.752. The molecule has 9 heteroatoms. The van der Waals surface area contributed by atoms with Crippen molar-refractivity contribution in [1.29, 1.82) is 0 Å². The molecule has 0 fully saturated rings. The van der Waals surface area contributed by atoms with Crippen LogP contribution in [0.5, 0.6) is 17.2 Å². The molecule has 0 N–H and O–H groups in total. The van der Waals surface area contributed by atoms with Crippen molar-refractivity contribution in [3.63, 3.8) is 0 Å². The third-order valence-corrected chi connectivity index (χ3v) is 6.74. The van der Waals surface area contributed by atoms with Gasteiger partial charge in [0.2, 0.25) is 0 Å². The fourth-order valence-corrected chi connectivity index (χ4v) is 5.21. The van der Waals surface area contributed by atoms with E-state index in [9.17, 15) is 9.59 Å². The first-order chi connectivity index (χ1) is 17.4. The zero-order valence-electron chi connectivity index (χ0n) is 20.9. The van der Waals surface area contributed by atoms with Crippen LogP contribution in [0.25, 0.3) is 6.08 Å². The van der Waals surface area contributed by atoms with Crippen LogP contribution in [0.15, 0.2) is 63.5 Å². The summed E-state index contributed by atoms with van der Waals surface area (Å²) in [6.45, 7) is 6.02. The lowest BCUT2D eigenvalue weighted by Gasteiger charge is -2.26. The van der Waals surface area contributed by atoms with Crippen LogP contribution >= 0.6 is 11.3 Å². The summed E-state index contributed by atoms with van der Waals surface area (Å²) >= 11 is 1.24. The van der Waals surface area contributed by atoms with Crippen LogP contribution in [0, 0.1) is 0 Å². The number of ether oxygens (including phenoxy) is 4. The number of allylic oxidation sites excluding steroid dienone is 1. The van der Waals surface area contributed by atoms with Gasteiger partial charge in [-0.05, 0) is 51.1 Å². The minimum Gasteiger partial charge on any atom is -0.497 e. The van der Waals surface area contributed by atoms with Gasteiger partial charge in [-0.15, -0.1) is 0 Å². The molecule has 2 aromatic carbocycles. The number of fused-ring (bicyclic) bond motifs is 1. The molecule has 1 aliphatic rings. The Hall–Kier alpha value is -3.85. The molecule has 3 aromatic rings. The van der Waals surface area contributed by atoms with Gasteiger partial charge in [0.15, 0.2) is 4.80 Å². The summed E-state index contributed by atoms with van der Waals surface area (Å²) in [5.41, 5.74) is 1.89. The Labute approximate surface area is 212 Å². The molecule has 1 unspecified atom stereocenters. The number of aromatic nitrogens is 1. The SMILES string of the molecule is CCOC(=O)C1=C(C)N=c2s/c(=C/c3cc(OC)ccc3OC)c(=O)n2C1c1ccccc1OCC. The maximum atomic E-state index is 13.9. The van der Waals surface area contributed by atoms with Gasteiger partial charge >= 0.3 is 5.97 Å². The molecule has 188 valence electrons. The van der Waals surface area contributed by atoms with E-state index in [0.29, 0.717) is 55.6 Å². The summed E-state index contributed by atoms with van der Waals surface area (Å²) in [4.78, 5) is 32.1. The molecule has 0 amide bonds. The minimum absolute atomic E-state index is 0.204. The summed E-state index contributed by atoms with van der Waals surface area (Å²) in [5, 5.41) is 0. The highest BCUT2D eigenvalue weighted by molar-refractivity contribution is 7.07.